The molecule has 2 aromatic rings. The summed E-state index contributed by atoms with van der Waals surface area (Å²) in [5.41, 5.74) is 4.70. The number of carbonyl (C=O) groups excluding carboxylic acids is 3. The molecule has 1 aromatic carbocycles. The maximum Gasteiger partial charge on any atom is 0.416 e. The van der Waals surface area contributed by atoms with Gasteiger partial charge in [-0.15, -0.1) is 0 Å². The van der Waals surface area contributed by atoms with Crippen LogP contribution in [0.3, 0.4) is 0 Å². The fourth-order valence-corrected chi connectivity index (χ4v) is 3.63. The molecule has 0 aliphatic carbocycles. The highest BCUT2D eigenvalue weighted by atomic mass is 35.5. The predicted molar refractivity (Wildman–Crippen MR) is 115 cm³/mol. The smallest absolute Gasteiger partial charge is 0.366 e. The number of primary amides is 1. The Bertz CT molecular complexity index is 1140. The largest absolute Gasteiger partial charge is 0.416 e. The van der Waals surface area contributed by atoms with Gasteiger partial charge in [-0.2, -0.15) is 13.2 Å². The molecule has 0 spiro atoms. The second-order valence-corrected chi connectivity index (χ2v) is 8.06. The Labute approximate surface area is 196 Å². The lowest BCUT2D eigenvalue weighted by Gasteiger charge is -2.40. The Hall–Kier alpha value is -3.47. The summed E-state index contributed by atoms with van der Waals surface area (Å²) in [5.74, 6) is -3.37. The molecule has 0 radical (unpaired) electrons. The van der Waals surface area contributed by atoms with E-state index in [1.54, 1.807) is 0 Å². The van der Waals surface area contributed by atoms with Crippen molar-refractivity contribution >= 4 is 35.1 Å². The molecule has 1 aliphatic heterocycles. The van der Waals surface area contributed by atoms with Crippen LogP contribution in [0.5, 0.6) is 0 Å². The molecule has 1 aromatic heterocycles. The highest BCUT2D eigenvalue weighted by molar-refractivity contribution is 6.30. The number of rotatable bonds is 7. The van der Waals surface area contributed by atoms with Gasteiger partial charge in [0.1, 0.15) is 12.6 Å². The maximum absolute atomic E-state index is 14.4. The lowest BCUT2D eigenvalue weighted by molar-refractivity contribution is -0.144. The van der Waals surface area contributed by atoms with E-state index in [1.165, 1.54) is 17.0 Å². The molecule has 12 heteroatoms. The molecular weight excluding hydrogens is 480 g/mol. The number of alkyl halides is 3. The molecule has 1 fully saturated rings. The second kappa shape index (κ2) is 9.80. The number of nitrogens with zero attached hydrogens (tertiary/aromatic N) is 3. The van der Waals surface area contributed by atoms with Gasteiger partial charge in [-0.25, -0.2) is 9.37 Å². The quantitative estimate of drug-likeness (QED) is 0.467. The van der Waals surface area contributed by atoms with E-state index in [4.69, 9.17) is 17.3 Å². The van der Waals surface area contributed by atoms with Gasteiger partial charge in [0.05, 0.1) is 10.6 Å². The molecule has 7 nitrogen and oxygen atoms in total. The molecule has 1 aliphatic rings. The van der Waals surface area contributed by atoms with Gasteiger partial charge in [-0.3, -0.25) is 19.3 Å². The van der Waals surface area contributed by atoms with Gasteiger partial charge >= 0.3 is 6.18 Å². The third-order valence-corrected chi connectivity index (χ3v) is 5.49. The topological polar surface area (TPSA) is 96.6 Å². The zero-order valence-electron chi connectivity index (χ0n) is 17.6. The molecule has 1 saturated heterocycles. The van der Waals surface area contributed by atoms with Crippen molar-refractivity contribution in [3.8, 4) is 0 Å². The van der Waals surface area contributed by atoms with Crippen LogP contribution in [0.4, 0.5) is 23.4 Å². The van der Waals surface area contributed by atoms with Gasteiger partial charge < -0.3 is 10.6 Å². The monoisotopic (exact) mass is 498 g/mol. The van der Waals surface area contributed by atoms with Crippen molar-refractivity contribution < 1.29 is 31.9 Å². The van der Waals surface area contributed by atoms with E-state index in [0.29, 0.717) is 5.56 Å². The minimum Gasteiger partial charge on any atom is -0.366 e. The van der Waals surface area contributed by atoms with Gasteiger partial charge in [0.25, 0.3) is 5.91 Å². The van der Waals surface area contributed by atoms with Gasteiger partial charge in [-0.05, 0) is 36.6 Å². The van der Waals surface area contributed by atoms with Crippen LogP contribution >= 0.6 is 11.6 Å². The number of piperazine rings is 1. The van der Waals surface area contributed by atoms with Crippen molar-refractivity contribution in [2.75, 3.05) is 11.4 Å². The zero-order chi connectivity index (χ0) is 25.2. The number of benzene rings is 1. The van der Waals surface area contributed by atoms with E-state index in [9.17, 15) is 31.9 Å². The number of halogens is 5. The number of hydrogen-bond acceptors (Lipinski definition) is 4. The summed E-state index contributed by atoms with van der Waals surface area (Å²) < 4.78 is 53.0. The SMILES string of the molecule is C=C(CCC1C(=O)N(c2ncc(Cl)cc2F)CC(=O)N1Cc1ccc(C(F)(F)F)cc1)C(N)=O. The number of amides is 3. The molecule has 3 amide bonds. The first-order chi connectivity index (χ1) is 15.9. The van der Waals surface area contributed by atoms with Crippen LogP contribution in [0.25, 0.3) is 0 Å². The summed E-state index contributed by atoms with van der Waals surface area (Å²) in [7, 11) is 0. The van der Waals surface area contributed by atoms with Crippen LogP contribution in [-0.4, -0.2) is 40.2 Å². The minimum atomic E-state index is -4.52. The molecule has 2 heterocycles. The molecule has 1 unspecified atom stereocenters. The van der Waals surface area contributed by atoms with Crippen LogP contribution in [0, 0.1) is 5.82 Å². The summed E-state index contributed by atoms with van der Waals surface area (Å²) in [6, 6.07) is 3.92. The number of anilines is 1. The van der Waals surface area contributed by atoms with Crippen molar-refractivity contribution in [1.29, 1.82) is 0 Å². The Kier molecular flexibility index (Phi) is 7.25. The Balaban J connectivity index is 1.91. The van der Waals surface area contributed by atoms with Crippen LogP contribution in [0.15, 0.2) is 48.7 Å². The van der Waals surface area contributed by atoms with Crippen molar-refractivity contribution in [2.45, 2.75) is 31.6 Å². The van der Waals surface area contributed by atoms with Crippen LogP contribution < -0.4 is 10.6 Å². The molecular formula is C22H19ClF4N4O3. The van der Waals surface area contributed by atoms with Crippen LogP contribution in [0.2, 0.25) is 5.02 Å². The van der Waals surface area contributed by atoms with E-state index in [0.717, 1.165) is 29.3 Å². The average molecular weight is 499 g/mol. The number of pyridine rings is 1. The minimum absolute atomic E-state index is 0.00438. The first-order valence-electron chi connectivity index (χ1n) is 9.94. The fourth-order valence-electron chi connectivity index (χ4n) is 3.48. The number of hydrogen-bond donors (Lipinski definition) is 1. The molecule has 34 heavy (non-hydrogen) atoms. The third kappa shape index (κ3) is 5.53. The summed E-state index contributed by atoms with van der Waals surface area (Å²) >= 11 is 5.71. The highest BCUT2D eigenvalue weighted by Gasteiger charge is 2.41. The lowest BCUT2D eigenvalue weighted by atomic mass is 10.00. The fraction of sp³-hybridized carbons (Fsp3) is 0.273. The lowest BCUT2D eigenvalue weighted by Crippen LogP contribution is -2.60. The summed E-state index contributed by atoms with van der Waals surface area (Å²) in [4.78, 5) is 43.5. The standard InChI is InChI=1S/C22H19ClF4N4O3/c1-12(19(28)33)2-7-17-21(34)31(20-16(24)8-15(23)9-29-20)11-18(32)30(17)10-13-3-5-14(6-4-13)22(25,26)27/h3-6,8-9,17H,1-2,7,10-11H2,(H2,28,33). The van der Waals surface area contributed by atoms with Crippen molar-refractivity contribution in [1.82, 2.24) is 9.88 Å². The average Bonchev–Trinajstić information content (AvgIpc) is 2.75. The maximum atomic E-state index is 14.4. The first-order valence-corrected chi connectivity index (χ1v) is 10.3. The van der Waals surface area contributed by atoms with E-state index >= 15 is 0 Å². The predicted octanol–water partition coefficient (Wildman–Crippen LogP) is 3.46. The van der Waals surface area contributed by atoms with Gasteiger partial charge in [0.15, 0.2) is 11.6 Å². The molecule has 0 saturated carbocycles. The Morgan fingerprint density at radius 1 is 1.24 bits per heavy atom. The van der Waals surface area contributed by atoms with Gasteiger partial charge in [0, 0.05) is 18.3 Å². The second-order valence-electron chi connectivity index (χ2n) is 7.62. The van der Waals surface area contributed by atoms with E-state index < -0.39 is 53.7 Å². The number of aromatic nitrogens is 1. The summed E-state index contributed by atoms with van der Waals surface area (Å²) in [5, 5.41) is -0.00438. The van der Waals surface area contributed by atoms with E-state index in [2.05, 4.69) is 11.6 Å². The number of carbonyl (C=O) groups is 3. The van der Waals surface area contributed by atoms with Crippen molar-refractivity contribution in [3.05, 3.63) is 70.6 Å². The number of nitrogens with two attached hydrogens (primary N) is 1. The highest BCUT2D eigenvalue weighted by Crippen LogP contribution is 2.30. The van der Waals surface area contributed by atoms with Gasteiger partial charge in [0.2, 0.25) is 11.8 Å². The van der Waals surface area contributed by atoms with E-state index in [1.807, 2.05) is 0 Å². The molecule has 3 rings (SSSR count). The van der Waals surface area contributed by atoms with E-state index in [-0.39, 0.29) is 30.0 Å². The normalized spacial score (nSPS) is 16.7. The molecule has 2 N–H and O–H groups in total. The van der Waals surface area contributed by atoms with Crippen molar-refractivity contribution in [3.63, 3.8) is 0 Å². The van der Waals surface area contributed by atoms with Crippen molar-refractivity contribution in [2.24, 2.45) is 5.73 Å². The summed E-state index contributed by atoms with van der Waals surface area (Å²) in [6.07, 6.45) is -3.51. The first kappa shape index (κ1) is 25.2. The third-order valence-electron chi connectivity index (χ3n) is 5.29. The molecule has 0 bridgehead atoms. The zero-order valence-corrected chi connectivity index (χ0v) is 18.4. The molecule has 180 valence electrons. The Morgan fingerprint density at radius 3 is 2.44 bits per heavy atom. The van der Waals surface area contributed by atoms with Gasteiger partial charge in [-0.1, -0.05) is 30.3 Å². The summed E-state index contributed by atoms with van der Waals surface area (Å²) in [6.45, 7) is 2.81. The Morgan fingerprint density at radius 2 is 1.88 bits per heavy atom. The van der Waals surface area contributed by atoms with Crippen LogP contribution in [0.1, 0.15) is 24.0 Å². The van der Waals surface area contributed by atoms with Crippen LogP contribution in [-0.2, 0) is 27.1 Å². The molecule has 1 atom stereocenters.